The van der Waals surface area contributed by atoms with E-state index in [1.807, 2.05) is 0 Å². The van der Waals surface area contributed by atoms with Crippen LogP contribution in [0.2, 0.25) is 0 Å². The van der Waals surface area contributed by atoms with Crippen LogP contribution in [0.1, 0.15) is 57.1 Å². The van der Waals surface area contributed by atoms with Crippen molar-refractivity contribution in [2.24, 2.45) is 11.8 Å². The molecule has 19 heavy (non-hydrogen) atoms. The van der Waals surface area contributed by atoms with Gasteiger partial charge in [0.2, 0.25) is 0 Å². The molecule has 1 heteroatoms. The quantitative estimate of drug-likeness (QED) is 0.802. The molecule has 0 saturated heterocycles. The minimum absolute atomic E-state index is 0.694. The van der Waals surface area contributed by atoms with E-state index in [4.69, 9.17) is 0 Å². The molecule has 2 aliphatic carbocycles. The van der Waals surface area contributed by atoms with Gasteiger partial charge in [0.05, 0.1) is 0 Å². The zero-order valence-electron chi connectivity index (χ0n) is 12.4. The predicted octanol–water partition coefficient (Wildman–Crippen LogP) is 4.80. The van der Waals surface area contributed by atoms with Crippen molar-refractivity contribution in [1.29, 1.82) is 0 Å². The highest BCUT2D eigenvalue weighted by molar-refractivity contribution is 5.56. The molecular formula is C18H27N. The molecule has 0 heterocycles. The van der Waals surface area contributed by atoms with Gasteiger partial charge in [0.25, 0.3) is 0 Å². The molecule has 2 aliphatic rings. The van der Waals surface area contributed by atoms with Crippen molar-refractivity contribution < 1.29 is 0 Å². The fourth-order valence-corrected chi connectivity index (χ4v) is 3.82. The monoisotopic (exact) mass is 257 g/mol. The molecule has 1 aromatic rings. The van der Waals surface area contributed by atoms with Gasteiger partial charge in [-0.1, -0.05) is 26.0 Å². The van der Waals surface area contributed by atoms with Crippen molar-refractivity contribution in [3.05, 3.63) is 29.3 Å². The number of fused-ring (bicyclic) bond motifs is 1. The fraction of sp³-hybridized carbons (Fsp3) is 0.667. The number of hydrogen-bond donors (Lipinski definition) is 1. The first-order valence-electron chi connectivity index (χ1n) is 8.11. The fourth-order valence-electron chi connectivity index (χ4n) is 3.82. The van der Waals surface area contributed by atoms with E-state index in [1.54, 1.807) is 11.1 Å². The number of nitrogens with one attached hydrogen (secondary N) is 1. The molecule has 3 unspecified atom stereocenters. The first kappa shape index (κ1) is 13.0. The molecule has 0 amide bonds. The normalized spacial score (nSPS) is 30.7. The highest BCUT2D eigenvalue weighted by Crippen LogP contribution is 2.33. The summed E-state index contributed by atoms with van der Waals surface area (Å²) in [6.45, 7) is 4.82. The maximum absolute atomic E-state index is 3.86. The van der Waals surface area contributed by atoms with Crippen LogP contribution in [-0.2, 0) is 12.8 Å². The van der Waals surface area contributed by atoms with Crippen LogP contribution < -0.4 is 5.32 Å². The summed E-state index contributed by atoms with van der Waals surface area (Å²) in [6, 6.07) is 7.55. The summed E-state index contributed by atoms with van der Waals surface area (Å²) in [5.41, 5.74) is 4.64. The molecule has 3 atom stereocenters. The van der Waals surface area contributed by atoms with Gasteiger partial charge in [0.15, 0.2) is 0 Å². The highest BCUT2D eigenvalue weighted by Gasteiger charge is 2.25. The van der Waals surface area contributed by atoms with Gasteiger partial charge < -0.3 is 5.32 Å². The third-order valence-electron chi connectivity index (χ3n) is 5.35. The standard InChI is InChI=1S/C18H27N/c1-13-10-11-16(12-14(13)2)19-18-9-5-7-15-6-3-4-8-17(15)18/h5,7,9,13-14,16,19H,3-4,6,8,10-12H2,1-2H3. The van der Waals surface area contributed by atoms with Gasteiger partial charge >= 0.3 is 0 Å². The SMILES string of the molecule is CC1CCC(Nc2cccc3c2CCCC3)CC1C. The molecular weight excluding hydrogens is 230 g/mol. The van der Waals surface area contributed by atoms with Gasteiger partial charge in [0, 0.05) is 11.7 Å². The maximum atomic E-state index is 3.86. The van der Waals surface area contributed by atoms with E-state index in [0.717, 1.165) is 11.8 Å². The van der Waals surface area contributed by atoms with Gasteiger partial charge in [-0.3, -0.25) is 0 Å². The molecule has 0 bridgehead atoms. The molecule has 1 saturated carbocycles. The Hall–Kier alpha value is -0.980. The molecule has 104 valence electrons. The molecule has 0 spiro atoms. The molecule has 1 fully saturated rings. The van der Waals surface area contributed by atoms with E-state index in [0.29, 0.717) is 6.04 Å². The van der Waals surface area contributed by atoms with E-state index in [2.05, 4.69) is 37.4 Å². The van der Waals surface area contributed by atoms with E-state index in [-0.39, 0.29) is 0 Å². The second-order valence-electron chi connectivity index (χ2n) is 6.76. The third-order valence-corrected chi connectivity index (χ3v) is 5.35. The molecule has 0 aliphatic heterocycles. The third kappa shape index (κ3) is 2.80. The Morgan fingerprint density at radius 2 is 1.84 bits per heavy atom. The van der Waals surface area contributed by atoms with E-state index >= 15 is 0 Å². The van der Waals surface area contributed by atoms with E-state index in [9.17, 15) is 0 Å². The van der Waals surface area contributed by atoms with Gasteiger partial charge in [-0.15, -0.1) is 0 Å². The lowest BCUT2D eigenvalue weighted by molar-refractivity contribution is 0.261. The largest absolute Gasteiger partial charge is 0.382 e. The lowest BCUT2D eigenvalue weighted by Gasteiger charge is -2.34. The minimum Gasteiger partial charge on any atom is -0.382 e. The smallest absolute Gasteiger partial charge is 0.0377 e. The summed E-state index contributed by atoms with van der Waals surface area (Å²) in [6.07, 6.45) is 9.35. The summed E-state index contributed by atoms with van der Waals surface area (Å²) >= 11 is 0. The summed E-state index contributed by atoms with van der Waals surface area (Å²) in [5, 5.41) is 3.86. The number of benzene rings is 1. The number of anilines is 1. The summed E-state index contributed by atoms with van der Waals surface area (Å²) < 4.78 is 0. The van der Waals surface area contributed by atoms with Crippen molar-refractivity contribution in [1.82, 2.24) is 0 Å². The molecule has 3 rings (SSSR count). The Morgan fingerprint density at radius 1 is 1.00 bits per heavy atom. The summed E-state index contributed by atoms with van der Waals surface area (Å²) in [7, 11) is 0. The van der Waals surface area contributed by atoms with Gasteiger partial charge in [0.1, 0.15) is 0 Å². The highest BCUT2D eigenvalue weighted by atomic mass is 14.9. The van der Waals surface area contributed by atoms with Crippen LogP contribution in [0.4, 0.5) is 5.69 Å². The Bertz CT molecular complexity index is 437. The van der Waals surface area contributed by atoms with E-state index < -0.39 is 0 Å². The number of hydrogen-bond acceptors (Lipinski definition) is 1. The van der Waals surface area contributed by atoms with Crippen molar-refractivity contribution >= 4 is 5.69 Å². The molecule has 1 nitrogen and oxygen atoms in total. The summed E-state index contributed by atoms with van der Waals surface area (Å²) in [4.78, 5) is 0. The lowest BCUT2D eigenvalue weighted by atomic mass is 9.79. The van der Waals surface area contributed by atoms with Gasteiger partial charge in [-0.25, -0.2) is 0 Å². The second-order valence-corrected chi connectivity index (χ2v) is 6.76. The van der Waals surface area contributed by atoms with Crippen molar-refractivity contribution in [3.63, 3.8) is 0 Å². The van der Waals surface area contributed by atoms with Crippen molar-refractivity contribution in [2.75, 3.05) is 5.32 Å². The zero-order valence-corrected chi connectivity index (χ0v) is 12.4. The van der Waals surface area contributed by atoms with Crippen molar-refractivity contribution in [2.45, 2.75) is 64.8 Å². The van der Waals surface area contributed by atoms with Gasteiger partial charge in [-0.05, 0) is 74.0 Å². The first-order valence-corrected chi connectivity index (χ1v) is 8.11. The molecule has 1 N–H and O–H groups in total. The molecule has 1 aromatic carbocycles. The van der Waals surface area contributed by atoms with E-state index in [1.165, 1.54) is 50.6 Å². The minimum atomic E-state index is 0.694. The van der Waals surface area contributed by atoms with Crippen molar-refractivity contribution in [3.8, 4) is 0 Å². The lowest BCUT2D eigenvalue weighted by Crippen LogP contribution is -2.30. The zero-order chi connectivity index (χ0) is 13.2. The summed E-state index contributed by atoms with van der Waals surface area (Å²) in [5.74, 6) is 1.77. The number of rotatable bonds is 2. The maximum Gasteiger partial charge on any atom is 0.0377 e. The van der Waals surface area contributed by atoms with Crippen LogP contribution in [-0.4, -0.2) is 6.04 Å². The topological polar surface area (TPSA) is 12.0 Å². The van der Waals surface area contributed by atoms with Crippen LogP contribution in [0.3, 0.4) is 0 Å². The average Bonchev–Trinajstić information content (AvgIpc) is 2.43. The second kappa shape index (κ2) is 5.56. The Labute approximate surface area is 117 Å². The number of aryl methyl sites for hydroxylation is 1. The van der Waals surface area contributed by atoms with Crippen LogP contribution in [0.15, 0.2) is 18.2 Å². The Balaban J connectivity index is 1.73. The predicted molar refractivity (Wildman–Crippen MR) is 82.7 cm³/mol. The van der Waals surface area contributed by atoms with Crippen LogP contribution in [0.25, 0.3) is 0 Å². The first-order chi connectivity index (χ1) is 9.24. The van der Waals surface area contributed by atoms with Crippen LogP contribution in [0.5, 0.6) is 0 Å². The van der Waals surface area contributed by atoms with Crippen LogP contribution >= 0.6 is 0 Å². The average molecular weight is 257 g/mol. The molecule has 0 radical (unpaired) electrons. The van der Waals surface area contributed by atoms with Crippen LogP contribution in [0, 0.1) is 11.8 Å². The Kier molecular flexibility index (Phi) is 3.81. The molecule has 0 aromatic heterocycles. The van der Waals surface area contributed by atoms with Gasteiger partial charge in [-0.2, -0.15) is 0 Å². The Morgan fingerprint density at radius 3 is 2.68 bits per heavy atom.